The van der Waals surface area contributed by atoms with Crippen LogP contribution in [0.3, 0.4) is 0 Å². The van der Waals surface area contributed by atoms with Crippen LogP contribution in [0.4, 0.5) is 0 Å². The number of sulfonamides is 1. The monoisotopic (exact) mass is 434 g/mol. The van der Waals surface area contributed by atoms with E-state index in [1.165, 1.54) is 29.6 Å². The molecule has 3 rings (SSSR count). The maximum Gasteiger partial charge on any atom is 0.255 e. The number of hydrogen-bond donors (Lipinski definition) is 1. The number of benzene rings is 2. The number of nitrogens with zero attached hydrogens (tertiary/aromatic N) is 1. The van der Waals surface area contributed by atoms with E-state index in [-0.39, 0.29) is 28.9 Å². The summed E-state index contributed by atoms with van der Waals surface area (Å²) in [6.07, 6.45) is -0.363. The molecule has 1 aliphatic rings. The van der Waals surface area contributed by atoms with Gasteiger partial charge in [0.05, 0.1) is 24.1 Å². The van der Waals surface area contributed by atoms with Gasteiger partial charge in [-0.15, -0.1) is 0 Å². The fourth-order valence-electron chi connectivity index (χ4n) is 3.20. The Morgan fingerprint density at radius 2 is 1.87 bits per heavy atom. The van der Waals surface area contributed by atoms with Crippen molar-refractivity contribution < 1.29 is 27.4 Å². The van der Waals surface area contributed by atoms with Crippen molar-refractivity contribution in [3.63, 3.8) is 0 Å². The molecular weight excluding hydrogens is 408 g/mol. The lowest BCUT2D eigenvalue weighted by Gasteiger charge is -2.26. The van der Waals surface area contributed by atoms with Gasteiger partial charge in [-0.1, -0.05) is 26.0 Å². The molecule has 162 valence electrons. The zero-order valence-electron chi connectivity index (χ0n) is 17.3. The van der Waals surface area contributed by atoms with Crippen molar-refractivity contribution in [1.29, 1.82) is 0 Å². The topological polar surface area (TPSA) is 94.2 Å². The molecule has 30 heavy (non-hydrogen) atoms. The molecule has 0 fully saturated rings. The van der Waals surface area contributed by atoms with Crippen molar-refractivity contribution in [3.05, 3.63) is 48.0 Å². The van der Waals surface area contributed by atoms with Gasteiger partial charge in [0.25, 0.3) is 5.91 Å². The van der Waals surface area contributed by atoms with Crippen LogP contribution >= 0.6 is 0 Å². The highest BCUT2D eigenvalue weighted by Crippen LogP contribution is 2.31. The normalized spacial score (nSPS) is 15.7. The number of amides is 1. The summed E-state index contributed by atoms with van der Waals surface area (Å²) in [4.78, 5) is 12.8. The number of para-hydroxylation sites is 2. The Kier molecular flexibility index (Phi) is 6.84. The zero-order valence-corrected chi connectivity index (χ0v) is 18.1. The van der Waals surface area contributed by atoms with E-state index < -0.39 is 15.9 Å². The van der Waals surface area contributed by atoms with Crippen molar-refractivity contribution in [2.75, 3.05) is 33.4 Å². The summed E-state index contributed by atoms with van der Waals surface area (Å²) in [5.74, 6) is 1.12. The van der Waals surface area contributed by atoms with Gasteiger partial charge in [-0.05, 0) is 30.3 Å². The van der Waals surface area contributed by atoms with Crippen LogP contribution in [-0.2, 0) is 10.0 Å². The van der Waals surface area contributed by atoms with Gasteiger partial charge in [-0.3, -0.25) is 4.79 Å². The third-order valence-corrected chi connectivity index (χ3v) is 6.86. The van der Waals surface area contributed by atoms with E-state index in [9.17, 15) is 13.2 Å². The lowest BCUT2D eigenvalue weighted by atomic mass is 10.2. The van der Waals surface area contributed by atoms with Crippen LogP contribution in [0.25, 0.3) is 0 Å². The molecule has 8 nitrogen and oxygen atoms in total. The van der Waals surface area contributed by atoms with Crippen molar-refractivity contribution in [2.45, 2.75) is 24.8 Å². The fourth-order valence-corrected chi connectivity index (χ4v) is 4.69. The molecule has 0 spiro atoms. The predicted molar refractivity (Wildman–Crippen MR) is 112 cm³/mol. The van der Waals surface area contributed by atoms with Gasteiger partial charge in [0.2, 0.25) is 10.0 Å². The van der Waals surface area contributed by atoms with E-state index >= 15 is 0 Å². The van der Waals surface area contributed by atoms with E-state index in [0.717, 1.165) is 0 Å². The van der Waals surface area contributed by atoms with Gasteiger partial charge in [0, 0.05) is 13.1 Å². The summed E-state index contributed by atoms with van der Waals surface area (Å²) in [6.45, 7) is 4.71. The Hall–Kier alpha value is -2.78. The minimum absolute atomic E-state index is 0.0447. The number of rotatable bonds is 8. The van der Waals surface area contributed by atoms with Gasteiger partial charge < -0.3 is 19.5 Å². The standard InChI is InChI=1S/C21H26N2O6S/c1-4-23(5-2)30(25,26)16-10-11-18(27-3)17(12-16)21(24)22-13-15-14-28-19-8-6-7-9-20(19)29-15/h6-12,15H,4-5,13-14H2,1-3H3,(H,22,24). The first-order valence-electron chi connectivity index (χ1n) is 9.75. The number of hydrogen-bond acceptors (Lipinski definition) is 6. The van der Waals surface area contributed by atoms with Gasteiger partial charge in [-0.2, -0.15) is 4.31 Å². The molecule has 0 saturated heterocycles. The van der Waals surface area contributed by atoms with Crippen LogP contribution < -0.4 is 19.5 Å². The number of ether oxygens (including phenoxy) is 3. The summed E-state index contributed by atoms with van der Waals surface area (Å²) < 4.78 is 43.7. The van der Waals surface area contributed by atoms with Crippen molar-refractivity contribution in [2.24, 2.45) is 0 Å². The van der Waals surface area contributed by atoms with E-state index in [2.05, 4.69) is 5.32 Å². The molecule has 2 aromatic rings. The molecule has 0 bridgehead atoms. The predicted octanol–water partition coefficient (Wildman–Crippen LogP) is 2.30. The molecule has 0 radical (unpaired) electrons. The number of fused-ring (bicyclic) bond motifs is 1. The molecule has 1 atom stereocenters. The second-order valence-electron chi connectivity index (χ2n) is 6.66. The van der Waals surface area contributed by atoms with Crippen molar-refractivity contribution in [3.8, 4) is 17.2 Å². The van der Waals surface area contributed by atoms with Crippen LogP contribution in [-0.4, -0.2) is 58.1 Å². The summed E-state index contributed by atoms with van der Waals surface area (Å²) in [5, 5.41) is 2.78. The number of nitrogens with one attached hydrogen (secondary N) is 1. The molecule has 1 amide bonds. The van der Waals surface area contributed by atoms with Gasteiger partial charge in [0.15, 0.2) is 11.5 Å². The Bertz CT molecular complexity index is 1000. The third kappa shape index (κ3) is 4.52. The number of carbonyl (C=O) groups is 1. The maximum atomic E-state index is 12.8. The second kappa shape index (κ2) is 9.36. The molecule has 0 saturated carbocycles. The molecule has 9 heteroatoms. The highest BCUT2D eigenvalue weighted by atomic mass is 32.2. The lowest BCUT2D eigenvalue weighted by Crippen LogP contribution is -2.40. The van der Waals surface area contributed by atoms with E-state index in [1.807, 2.05) is 18.2 Å². The van der Waals surface area contributed by atoms with Crippen LogP contribution in [0.1, 0.15) is 24.2 Å². The number of methoxy groups -OCH3 is 1. The first-order valence-corrected chi connectivity index (χ1v) is 11.2. The summed E-state index contributed by atoms with van der Waals surface area (Å²) >= 11 is 0. The van der Waals surface area contributed by atoms with E-state index in [0.29, 0.717) is 31.2 Å². The summed E-state index contributed by atoms with van der Waals surface area (Å²) in [6, 6.07) is 11.6. The van der Waals surface area contributed by atoms with E-state index in [1.54, 1.807) is 19.9 Å². The molecule has 1 heterocycles. The molecule has 1 unspecified atom stereocenters. The Labute approximate surface area is 176 Å². The second-order valence-corrected chi connectivity index (χ2v) is 8.60. The molecule has 1 aliphatic heterocycles. The highest BCUT2D eigenvalue weighted by molar-refractivity contribution is 7.89. The average Bonchev–Trinajstić information content (AvgIpc) is 2.77. The van der Waals surface area contributed by atoms with Crippen LogP contribution in [0.2, 0.25) is 0 Å². The third-order valence-electron chi connectivity index (χ3n) is 4.82. The lowest BCUT2D eigenvalue weighted by molar-refractivity contribution is 0.0787. The molecular formula is C21H26N2O6S. The summed E-state index contributed by atoms with van der Waals surface area (Å²) in [7, 11) is -2.27. The Balaban J connectivity index is 1.75. The smallest absolute Gasteiger partial charge is 0.255 e. The quantitative estimate of drug-likeness (QED) is 0.685. The minimum Gasteiger partial charge on any atom is -0.496 e. The zero-order chi connectivity index (χ0) is 21.7. The Morgan fingerprint density at radius 3 is 2.53 bits per heavy atom. The fraction of sp³-hybridized carbons (Fsp3) is 0.381. The molecule has 1 N–H and O–H groups in total. The van der Waals surface area contributed by atoms with Crippen LogP contribution in [0.5, 0.6) is 17.2 Å². The molecule has 2 aromatic carbocycles. The van der Waals surface area contributed by atoms with Crippen LogP contribution in [0, 0.1) is 0 Å². The summed E-state index contributed by atoms with van der Waals surface area (Å²) in [5.41, 5.74) is 0.142. The molecule has 0 aliphatic carbocycles. The minimum atomic E-state index is -3.70. The molecule has 0 aromatic heterocycles. The average molecular weight is 435 g/mol. The Morgan fingerprint density at radius 1 is 1.17 bits per heavy atom. The van der Waals surface area contributed by atoms with Gasteiger partial charge in [-0.25, -0.2) is 8.42 Å². The highest BCUT2D eigenvalue weighted by Gasteiger charge is 2.26. The maximum absolute atomic E-state index is 12.8. The van der Waals surface area contributed by atoms with E-state index in [4.69, 9.17) is 14.2 Å². The van der Waals surface area contributed by atoms with Crippen molar-refractivity contribution >= 4 is 15.9 Å². The van der Waals surface area contributed by atoms with Gasteiger partial charge in [0.1, 0.15) is 18.5 Å². The van der Waals surface area contributed by atoms with Gasteiger partial charge >= 0.3 is 0 Å². The first kappa shape index (κ1) is 21.9. The largest absolute Gasteiger partial charge is 0.496 e. The van der Waals surface area contributed by atoms with Crippen LogP contribution in [0.15, 0.2) is 47.4 Å². The van der Waals surface area contributed by atoms with Crippen molar-refractivity contribution in [1.82, 2.24) is 9.62 Å². The number of carbonyl (C=O) groups excluding carboxylic acids is 1. The first-order chi connectivity index (χ1) is 14.4. The SMILES string of the molecule is CCN(CC)S(=O)(=O)c1ccc(OC)c(C(=O)NCC2COc3ccccc3O2)c1.